The molecule has 9 nitrogen and oxygen atoms in total. The van der Waals surface area contributed by atoms with Gasteiger partial charge in [0, 0.05) is 6.42 Å². The molecular formula is C21H20N6O3. The fourth-order valence-electron chi connectivity index (χ4n) is 3.23. The zero-order valence-corrected chi connectivity index (χ0v) is 16.3. The van der Waals surface area contributed by atoms with Crippen molar-refractivity contribution in [1.82, 2.24) is 25.4 Å². The first-order chi connectivity index (χ1) is 14.5. The summed E-state index contributed by atoms with van der Waals surface area (Å²) < 4.78 is 5.83. The van der Waals surface area contributed by atoms with Gasteiger partial charge in [-0.3, -0.25) is 9.59 Å². The number of carbonyl (C=O) groups excluding carboxylic acids is 1. The van der Waals surface area contributed by atoms with Crippen LogP contribution in [0.3, 0.4) is 0 Å². The van der Waals surface area contributed by atoms with E-state index in [1.807, 2.05) is 49.4 Å². The molecule has 1 amide bonds. The van der Waals surface area contributed by atoms with E-state index in [-0.39, 0.29) is 17.0 Å². The van der Waals surface area contributed by atoms with Crippen LogP contribution in [0, 0.1) is 0 Å². The van der Waals surface area contributed by atoms with Gasteiger partial charge in [0.2, 0.25) is 5.91 Å². The number of aromatic amines is 2. The van der Waals surface area contributed by atoms with Crippen LogP contribution in [-0.2, 0) is 11.2 Å². The molecule has 9 heteroatoms. The SMILES string of the molecule is CCOc1cc(-c2cccc(CCC(N)=O)c2)ccc1-c1nc2[nH]nnc2c(=O)[nH]1. The van der Waals surface area contributed by atoms with Gasteiger partial charge in [-0.1, -0.05) is 35.5 Å². The average molecular weight is 404 g/mol. The van der Waals surface area contributed by atoms with Crippen molar-refractivity contribution in [3.05, 3.63) is 58.4 Å². The highest BCUT2D eigenvalue weighted by Gasteiger charge is 2.14. The Balaban J connectivity index is 1.74. The molecule has 4 rings (SSSR count). The van der Waals surface area contributed by atoms with Gasteiger partial charge < -0.3 is 15.5 Å². The molecule has 0 unspecified atom stereocenters. The number of benzene rings is 2. The number of aromatic nitrogens is 5. The summed E-state index contributed by atoms with van der Waals surface area (Å²) in [6, 6.07) is 13.6. The number of hydrogen-bond donors (Lipinski definition) is 3. The number of H-pyrrole nitrogens is 2. The molecule has 0 aliphatic carbocycles. The number of carbonyl (C=O) groups is 1. The van der Waals surface area contributed by atoms with Crippen LogP contribution in [-0.4, -0.2) is 37.9 Å². The van der Waals surface area contributed by atoms with Crippen molar-refractivity contribution in [2.45, 2.75) is 19.8 Å². The van der Waals surface area contributed by atoms with E-state index in [9.17, 15) is 9.59 Å². The normalized spacial score (nSPS) is 11.0. The number of nitrogens with one attached hydrogen (secondary N) is 2. The Morgan fingerprint density at radius 3 is 2.80 bits per heavy atom. The lowest BCUT2D eigenvalue weighted by Gasteiger charge is -2.12. The Bertz CT molecular complexity index is 1280. The minimum Gasteiger partial charge on any atom is -0.493 e. The molecule has 2 aromatic carbocycles. The van der Waals surface area contributed by atoms with Gasteiger partial charge in [-0.05, 0) is 42.2 Å². The molecule has 152 valence electrons. The Kier molecular flexibility index (Phi) is 5.25. The average Bonchev–Trinajstić information content (AvgIpc) is 3.22. The van der Waals surface area contributed by atoms with Crippen molar-refractivity contribution in [2.24, 2.45) is 5.73 Å². The molecule has 0 saturated heterocycles. The lowest BCUT2D eigenvalue weighted by Crippen LogP contribution is -2.11. The molecular weight excluding hydrogens is 384 g/mol. The monoisotopic (exact) mass is 404 g/mol. The summed E-state index contributed by atoms with van der Waals surface area (Å²) in [6.45, 7) is 2.34. The van der Waals surface area contributed by atoms with Gasteiger partial charge in [-0.2, -0.15) is 0 Å². The number of ether oxygens (including phenoxy) is 1. The van der Waals surface area contributed by atoms with Gasteiger partial charge in [-0.25, -0.2) is 10.1 Å². The lowest BCUT2D eigenvalue weighted by molar-refractivity contribution is -0.117. The van der Waals surface area contributed by atoms with E-state index in [4.69, 9.17) is 10.5 Å². The summed E-state index contributed by atoms with van der Waals surface area (Å²) in [6.07, 6.45) is 0.888. The quantitative estimate of drug-likeness (QED) is 0.431. The van der Waals surface area contributed by atoms with Gasteiger partial charge in [0.05, 0.1) is 12.2 Å². The smallest absolute Gasteiger partial charge is 0.281 e. The van der Waals surface area contributed by atoms with Crippen LogP contribution in [0.25, 0.3) is 33.7 Å². The fraction of sp³-hybridized carbons (Fsp3) is 0.190. The standard InChI is InChI=1S/C21H20N6O3/c1-2-30-16-11-14(13-5-3-4-12(10-13)6-9-17(22)28)7-8-15(16)19-23-20-18(21(29)24-19)25-27-26-20/h3-5,7-8,10-11H,2,6,9H2,1H3,(H2,22,28)(H2,23,24,25,26,27,29). The fourth-order valence-corrected chi connectivity index (χ4v) is 3.23. The van der Waals surface area contributed by atoms with E-state index in [1.54, 1.807) is 0 Å². The van der Waals surface area contributed by atoms with E-state index in [0.717, 1.165) is 16.7 Å². The third-order valence-electron chi connectivity index (χ3n) is 4.66. The van der Waals surface area contributed by atoms with E-state index >= 15 is 0 Å². The second-order valence-corrected chi connectivity index (χ2v) is 6.73. The number of rotatable bonds is 7. The highest BCUT2D eigenvalue weighted by Crippen LogP contribution is 2.33. The van der Waals surface area contributed by atoms with Crippen LogP contribution >= 0.6 is 0 Å². The largest absolute Gasteiger partial charge is 0.493 e. The Labute approximate surface area is 171 Å². The van der Waals surface area contributed by atoms with Crippen LogP contribution in [0.5, 0.6) is 5.75 Å². The third kappa shape index (κ3) is 3.90. The van der Waals surface area contributed by atoms with Crippen molar-refractivity contribution in [1.29, 1.82) is 0 Å². The van der Waals surface area contributed by atoms with E-state index in [0.29, 0.717) is 42.2 Å². The molecule has 4 aromatic rings. The van der Waals surface area contributed by atoms with Crippen molar-refractivity contribution in [3.63, 3.8) is 0 Å². The predicted molar refractivity (Wildman–Crippen MR) is 112 cm³/mol. The van der Waals surface area contributed by atoms with Crippen LogP contribution < -0.4 is 16.0 Å². The van der Waals surface area contributed by atoms with E-state index in [2.05, 4.69) is 25.4 Å². The molecule has 0 saturated carbocycles. The maximum atomic E-state index is 12.2. The number of primary amides is 1. The summed E-state index contributed by atoms with van der Waals surface area (Å²) in [5.74, 6) is 0.630. The molecule has 2 aromatic heterocycles. The van der Waals surface area contributed by atoms with Crippen molar-refractivity contribution < 1.29 is 9.53 Å². The molecule has 0 atom stereocenters. The van der Waals surface area contributed by atoms with E-state index < -0.39 is 0 Å². The molecule has 2 heterocycles. The van der Waals surface area contributed by atoms with Crippen molar-refractivity contribution in [3.8, 4) is 28.3 Å². The second kappa shape index (κ2) is 8.16. The van der Waals surface area contributed by atoms with Gasteiger partial charge >= 0.3 is 0 Å². The van der Waals surface area contributed by atoms with Crippen molar-refractivity contribution >= 4 is 17.1 Å². The molecule has 30 heavy (non-hydrogen) atoms. The minimum absolute atomic E-state index is 0.154. The third-order valence-corrected chi connectivity index (χ3v) is 4.66. The Hall–Kier alpha value is -4.01. The molecule has 0 aliphatic heterocycles. The topological polar surface area (TPSA) is 140 Å². The van der Waals surface area contributed by atoms with Gasteiger partial charge in [0.1, 0.15) is 11.6 Å². The number of fused-ring (bicyclic) bond motifs is 1. The van der Waals surface area contributed by atoms with E-state index in [1.165, 1.54) is 0 Å². The Morgan fingerprint density at radius 2 is 2.00 bits per heavy atom. The maximum absolute atomic E-state index is 12.2. The predicted octanol–water partition coefficient (Wildman–Crippen LogP) is 2.19. The zero-order chi connectivity index (χ0) is 21.1. The first-order valence-electron chi connectivity index (χ1n) is 9.51. The number of nitrogens with zero attached hydrogens (tertiary/aromatic N) is 3. The van der Waals surface area contributed by atoms with Crippen molar-refractivity contribution in [2.75, 3.05) is 6.61 Å². The number of hydrogen-bond acceptors (Lipinski definition) is 6. The molecule has 0 spiro atoms. The summed E-state index contributed by atoms with van der Waals surface area (Å²) in [5, 5.41) is 9.97. The molecule has 4 N–H and O–H groups in total. The lowest BCUT2D eigenvalue weighted by atomic mass is 9.99. The zero-order valence-electron chi connectivity index (χ0n) is 16.3. The van der Waals surface area contributed by atoms with Gasteiger partial charge in [0.15, 0.2) is 11.2 Å². The minimum atomic E-state index is -0.377. The molecule has 0 bridgehead atoms. The van der Waals surface area contributed by atoms with Crippen LogP contribution in [0.1, 0.15) is 18.9 Å². The number of amides is 1. The Morgan fingerprint density at radius 1 is 1.17 bits per heavy atom. The van der Waals surface area contributed by atoms with Gasteiger partial charge in [0.25, 0.3) is 5.56 Å². The molecule has 0 fully saturated rings. The summed E-state index contributed by atoms with van der Waals surface area (Å²) in [7, 11) is 0. The highest BCUT2D eigenvalue weighted by atomic mass is 16.5. The first kappa shape index (κ1) is 19.3. The van der Waals surface area contributed by atoms with Crippen LogP contribution in [0.2, 0.25) is 0 Å². The summed E-state index contributed by atoms with van der Waals surface area (Å²) >= 11 is 0. The summed E-state index contributed by atoms with van der Waals surface area (Å²) in [5.41, 5.74) is 8.94. The maximum Gasteiger partial charge on any atom is 0.281 e. The number of aryl methyl sites for hydroxylation is 1. The van der Waals surface area contributed by atoms with Crippen LogP contribution in [0.15, 0.2) is 47.3 Å². The second-order valence-electron chi connectivity index (χ2n) is 6.73. The van der Waals surface area contributed by atoms with Crippen LogP contribution in [0.4, 0.5) is 0 Å². The number of nitrogens with two attached hydrogens (primary N) is 1. The molecule has 0 aliphatic rings. The highest BCUT2D eigenvalue weighted by molar-refractivity contribution is 5.77. The molecule has 0 radical (unpaired) electrons. The van der Waals surface area contributed by atoms with Gasteiger partial charge in [-0.15, -0.1) is 5.10 Å². The summed E-state index contributed by atoms with van der Waals surface area (Å²) in [4.78, 5) is 30.5. The first-order valence-corrected chi connectivity index (χ1v) is 9.51.